The van der Waals surface area contributed by atoms with Crippen LogP contribution in [0.3, 0.4) is 0 Å². The van der Waals surface area contributed by atoms with E-state index in [2.05, 4.69) is 5.48 Å². The summed E-state index contributed by atoms with van der Waals surface area (Å²) in [5, 5.41) is 0. The van der Waals surface area contributed by atoms with Crippen molar-refractivity contribution in [3.63, 3.8) is 0 Å². The molecule has 1 heterocycles. The fourth-order valence-electron chi connectivity index (χ4n) is 1.32. The Balaban J connectivity index is 2.56. The van der Waals surface area contributed by atoms with Gasteiger partial charge in [0.25, 0.3) is 0 Å². The molecule has 1 amide bonds. The summed E-state index contributed by atoms with van der Waals surface area (Å²) in [6.45, 7) is 9.25. The number of hydrogen-bond donors (Lipinski definition) is 1. The lowest BCUT2D eigenvalue weighted by atomic mass is 10.2. The van der Waals surface area contributed by atoms with Crippen molar-refractivity contribution in [1.29, 1.82) is 0 Å². The monoisotopic (exact) mass is 216 g/mol. The van der Waals surface area contributed by atoms with Crippen molar-refractivity contribution in [3.8, 4) is 0 Å². The Morgan fingerprint density at radius 3 is 2.80 bits per heavy atom. The first-order valence-electron chi connectivity index (χ1n) is 5.24. The number of rotatable bonds is 0. The first-order valence-corrected chi connectivity index (χ1v) is 5.24. The Morgan fingerprint density at radius 2 is 2.20 bits per heavy atom. The second-order valence-electron chi connectivity index (χ2n) is 4.73. The van der Waals surface area contributed by atoms with E-state index in [9.17, 15) is 4.79 Å². The highest BCUT2D eigenvalue weighted by molar-refractivity contribution is 5.68. The van der Waals surface area contributed by atoms with Crippen LogP contribution in [0.4, 0.5) is 4.79 Å². The molecule has 5 nitrogen and oxygen atoms in total. The molecule has 1 rings (SSSR count). The van der Waals surface area contributed by atoms with Crippen molar-refractivity contribution >= 4 is 6.09 Å². The molecule has 0 aromatic carbocycles. The molecular weight excluding hydrogens is 196 g/mol. The van der Waals surface area contributed by atoms with E-state index < -0.39 is 5.60 Å². The van der Waals surface area contributed by atoms with Crippen LogP contribution in [-0.4, -0.2) is 42.3 Å². The molecule has 0 aromatic heterocycles. The number of nitrogens with zero attached hydrogens (tertiary/aromatic N) is 1. The summed E-state index contributed by atoms with van der Waals surface area (Å²) in [6, 6.07) is 0.0369. The van der Waals surface area contributed by atoms with Gasteiger partial charge in [-0.15, -0.1) is 0 Å². The van der Waals surface area contributed by atoms with Gasteiger partial charge >= 0.3 is 6.09 Å². The molecule has 15 heavy (non-hydrogen) atoms. The van der Waals surface area contributed by atoms with Crippen LogP contribution in [-0.2, 0) is 9.57 Å². The summed E-state index contributed by atoms with van der Waals surface area (Å²) in [7, 11) is 0. The molecule has 5 heteroatoms. The van der Waals surface area contributed by atoms with E-state index in [0.29, 0.717) is 19.7 Å². The van der Waals surface area contributed by atoms with Gasteiger partial charge in [-0.25, -0.2) is 10.3 Å². The lowest BCUT2D eigenvalue weighted by Crippen LogP contribution is -2.44. The maximum absolute atomic E-state index is 11.8. The number of hydroxylamine groups is 1. The zero-order valence-electron chi connectivity index (χ0n) is 9.87. The molecule has 0 aliphatic carbocycles. The third kappa shape index (κ3) is 4.05. The minimum absolute atomic E-state index is 0.0369. The summed E-state index contributed by atoms with van der Waals surface area (Å²) in [6.07, 6.45) is -0.276. The van der Waals surface area contributed by atoms with E-state index in [1.807, 2.05) is 27.7 Å². The van der Waals surface area contributed by atoms with Crippen LogP contribution < -0.4 is 5.48 Å². The van der Waals surface area contributed by atoms with Gasteiger partial charge in [-0.1, -0.05) is 0 Å². The molecule has 1 N–H and O–H groups in total. The number of carbonyl (C=O) groups is 1. The van der Waals surface area contributed by atoms with Crippen molar-refractivity contribution in [2.75, 3.05) is 19.7 Å². The van der Waals surface area contributed by atoms with Gasteiger partial charge in [-0.2, -0.15) is 0 Å². The minimum atomic E-state index is -0.447. The summed E-state index contributed by atoms with van der Waals surface area (Å²) in [5.74, 6) is 0. The highest BCUT2D eigenvalue weighted by atomic mass is 16.6. The first kappa shape index (κ1) is 12.3. The Labute approximate surface area is 90.7 Å². The molecule has 1 fully saturated rings. The zero-order chi connectivity index (χ0) is 11.5. The third-order valence-electron chi connectivity index (χ3n) is 2.04. The molecule has 0 radical (unpaired) electrons. The normalized spacial score (nSPS) is 23.5. The van der Waals surface area contributed by atoms with Crippen molar-refractivity contribution in [2.45, 2.75) is 39.3 Å². The number of amides is 1. The lowest BCUT2D eigenvalue weighted by molar-refractivity contribution is 0.00814. The maximum Gasteiger partial charge on any atom is 0.410 e. The molecule has 0 spiro atoms. The molecular formula is C10H20N2O3. The Bertz CT molecular complexity index is 225. The predicted molar refractivity (Wildman–Crippen MR) is 56.4 cm³/mol. The Morgan fingerprint density at radius 1 is 1.53 bits per heavy atom. The SMILES string of the molecule is C[C@@H]1CONCCN1C(=O)OC(C)(C)C. The number of ether oxygens (including phenoxy) is 1. The standard InChI is InChI=1S/C10H20N2O3/c1-8-7-14-11-5-6-12(8)9(13)15-10(2,3)4/h8,11H,5-7H2,1-4H3/t8-/m1/s1. The largest absolute Gasteiger partial charge is 0.444 e. The van der Waals surface area contributed by atoms with Crippen LogP contribution in [0.15, 0.2) is 0 Å². The zero-order valence-corrected chi connectivity index (χ0v) is 9.87. The second kappa shape index (κ2) is 4.81. The van der Waals surface area contributed by atoms with Gasteiger partial charge in [0.2, 0.25) is 0 Å². The fraction of sp³-hybridized carbons (Fsp3) is 0.900. The maximum atomic E-state index is 11.8. The summed E-state index contributed by atoms with van der Waals surface area (Å²) in [5.41, 5.74) is 2.33. The van der Waals surface area contributed by atoms with Crippen LogP contribution in [0, 0.1) is 0 Å². The van der Waals surface area contributed by atoms with E-state index in [1.165, 1.54) is 0 Å². The van der Waals surface area contributed by atoms with E-state index in [-0.39, 0.29) is 12.1 Å². The van der Waals surface area contributed by atoms with Gasteiger partial charge in [-0.3, -0.25) is 4.84 Å². The third-order valence-corrected chi connectivity index (χ3v) is 2.04. The lowest BCUT2D eigenvalue weighted by Gasteiger charge is -2.29. The molecule has 1 atom stereocenters. The van der Waals surface area contributed by atoms with Gasteiger partial charge < -0.3 is 9.64 Å². The molecule has 88 valence electrons. The number of hydrogen-bond acceptors (Lipinski definition) is 4. The minimum Gasteiger partial charge on any atom is -0.444 e. The highest BCUT2D eigenvalue weighted by Crippen LogP contribution is 2.12. The smallest absolute Gasteiger partial charge is 0.410 e. The predicted octanol–water partition coefficient (Wildman–Crippen LogP) is 1.15. The van der Waals surface area contributed by atoms with Crippen molar-refractivity contribution in [2.24, 2.45) is 0 Å². The molecule has 0 unspecified atom stereocenters. The summed E-state index contributed by atoms with van der Waals surface area (Å²) >= 11 is 0. The van der Waals surface area contributed by atoms with Crippen LogP contribution >= 0.6 is 0 Å². The molecule has 0 aromatic rings. The Kier molecular flexibility index (Phi) is 3.93. The highest BCUT2D eigenvalue weighted by Gasteiger charge is 2.27. The van der Waals surface area contributed by atoms with Gasteiger partial charge in [-0.05, 0) is 27.7 Å². The summed E-state index contributed by atoms with van der Waals surface area (Å²) in [4.78, 5) is 18.6. The Hall–Kier alpha value is -0.810. The van der Waals surface area contributed by atoms with E-state index in [0.717, 1.165) is 0 Å². The van der Waals surface area contributed by atoms with Gasteiger partial charge in [0, 0.05) is 13.1 Å². The molecule has 0 saturated carbocycles. The van der Waals surface area contributed by atoms with E-state index in [4.69, 9.17) is 9.57 Å². The number of carbonyl (C=O) groups excluding carboxylic acids is 1. The fourth-order valence-corrected chi connectivity index (χ4v) is 1.32. The quantitative estimate of drug-likeness (QED) is 0.660. The number of nitrogens with one attached hydrogen (secondary N) is 1. The van der Waals surface area contributed by atoms with Crippen LogP contribution in [0.1, 0.15) is 27.7 Å². The van der Waals surface area contributed by atoms with E-state index >= 15 is 0 Å². The molecule has 1 aliphatic heterocycles. The van der Waals surface area contributed by atoms with Crippen molar-refractivity contribution in [1.82, 2.24) is 10.4 Å². The average Bonchev–Trinajstić information content (AvgIpc) is 2.26. The average molecular weight is 216 g/mol. The van der Waals surface area contributed by atoms with Crippen LogP contribution in [0.25, 0.3) is 0 Å². The van der Waals surface area contributed by atoms with E-state index in [1.54, 1.807) is 4.90 Å². The van der Waals surface area contributed by atoms with Crippen LogP contribution in [0.2, 0.25) is 0 Å². The van der Waals surface area contributed by atoms with Gasteiger partial charge in [0.15, 0.2) is 0 Å². The van der Waals surface area contributed by atoms with Gasteiger partial charge in [0.1, 0.15) is 5.60 Å². The molecule has 1 saturated heterocycles. The summed E-state index contributed by atoms with van der Waals surface area (Å²) < 4.78 is 5.31. The molecule has 1 aliphatic rings. The first-order chi connectivity index (χ1) is 6.90. The van der Waals surface area contributed by atoms with Crippen molar-refractivity contribution < 1.29 is 14.4 Å². The van der Waals surface area contributed by atoms with Crippen molar-refractivity contribution in [3.05, 3.63) is 0 Å². The topological polar surface area (TPSA) is 50.8 Å². The van der Waals surface area contributed by atoms with Gasteiger partial charge in [0.05, 0.1) is 12.6 Å². The second-order valence-corrected chi connectivity index (χ2v) is 4.73. The van der Waals surface area contributed by atoms with Crippen LogP contribution in [0.5, 0.6) is 0 Å². The molecule has 0 bridgehead atoms.